The van der Waals surface area contributed by atoms with Gasteiger partial charge in [0.05, 0.1) is 17.6 Å². The van der Waals surface area contributed by atoms with Gasteiger partial charge in [-0.1, -0.05) is 18.2 Å². The van der Waals surface area contributed by atoms with Gasteiger partial charge in [0.1, 0.15) is 0 Å². The molecule has 2 aromatic carbocycles. The summed E-state index contributed by atoms with van der Waals surface area (Å²) in [4.78, 5) is 14.6. The number of benzene rings is 2. The van der Waals surface area contributed by atoms with Crippen molar-refractivity contribution in [1.82, 2.24) is 15.1 Å². The lowest BCUT2D eigenvalue weighted by Gasteiger charge is -2.31. The number of rotatable bonds is 3. The van der Waals surface area contributed by atoms with E-state index in [-0.39, 0.29) is 11.8 Å². The molecule has 0 aliphatic carbocycles. The molecule has 1 aliphatic rings. The Balaban J connectivity index is 1.49. The van der Waals surface area contributed by atoms with Gasteiger partial charge in [-0.05, 0) is 49.2 Å². The topological polar surface area (TPSA) is 83.0 Å². The molecule has 1 amide bonds. The van der Waals surface area contributed by atoms with Crippen LogP contribution in [0.5, 0.6) is 0 Å². The number of likely N-dealkylation sites (tertiary alicyclic amines) is 1. The van der Waals surface area contributed by atoms with Gasteiger partial charge in [-0.25, -0.2) is 0 Å². The van der Waals surface area contributed by atoms with Gasteiger partial charge >= 0.3 is 0 Å². The van der Waals surface area contributed by atoms with Crippen molar-refractivity contribution in [2.24, 2.45) is 0 Å². The Morgan fingerprint density at radius 3 is 2.63 bits per heavy atom. The number of hydrogen-bond donors (Lipinski definition) is 0. The maximum atomic E-state index is 12.8. The van der Waals surface area contributed by atoms with Gasteiger partial charge in [0, 0.05) is 24.2 Å². The molecule has 1 saturated heterocycles. The molecule has 4 rings (SSSR count). The number of carbonyl (C=O) groups excluding carboxylic acids is 1. The Hall–Kier alpha value is -3.46. The summed E-state index contributed by atoms with van der Waals surface area (Å²) in [6.45, 7) is 1.25. The predicted octanol–water partition coefficient (Wildman–Crippen LogP) is 3.63. The average molecular weight is 358 g/mol. The first kappa shape index (κ1) is 17.0. The normalized spacial score (nSPS) is 16.7. The smallest absolute Gasteiger partial charge is 0.253 e. The van der Waals surface area contributed by atoms with Crippen LogP contribution in [0.2, 0.25) is 0 Å². The monoisotopic (exact) mass is 358 g/mol. The van der Waals surface area contributed by atoms with E-state index in [1.807, 2.05) is 35.2 Å². The second-order valence-electron chi connectivity index (χ2n) is 6.59. The molecule has 0 spiro atoms. The first-order valence-corrected chi connectivity index (χ1v) is 8.93. The highest BCUT2D eigenvalue weighted by molar-refractivity contribution is 5.94. The first-order valence-electron chi connectivity index (χ1n) is 8.93. The first-order chi connectivity index (χ1) is 13.2. The van der Waals surface area contributed by atoms with Crippen LogP contribution in [0.15, 0.2) is 59.0 Å². The number of hydrogen-bond acceptors (Lipinski definition) is 5. The van der Waals surface area contributed by atoms with Crippen LogP contribution in [0.3, 0.4) is 0 Å². The summed E-state index contributed by atoms with van der Waals surface area (Å²) >= 11 is 0. The Bertz CT molecular complexity index is 973. The summed E-state index contributed by atoms with van der Waals surface area (Å²) in [6.07, 6.45) is 1.79. The summed E-state index contributed by atoms with van der Waals surface area (Å²) in [5.41, 5.74) is 2.02. The molecule has 27 heavy (non-hydrogen) atoms. The van der Waals surface area contributed by atoms with Crippen molar-refractivity contribution in [3.63, 3.8) is 0 Å². The van der Waals surface area contributed by atoms with Crippen molar-refractivity contribution in [2.45, 2.75) is 18.8 Å². The van der Waals surface area contributed by atoms with Gasteiger partial charge in [-0.15, -0.1) is 10.2 Å². The predicted molar refractivity (Wildman–Crippen MR) is 98.8 cm³/mol. The zero-order valence-electron chi connectivity index (χ0n) is 14.7. The molecule has 3 aromatic rings. The molecule has 1 aromatic heterocycles. The lowest BCUT2D eigenvalue weighted by molar-refractivity contribution is 0.0698. The third-order valence-corrected chi connectivity index (χ3v) is 4.78. The van der Waals surface area contributed by atoms with Gasteiger partial charge < -0.3 is 9.32 Å². The molecule has 0 unspecified atom stereocenters. The second-order valence-corrected chi connectivity index (χ2v) is 6.59. The highest BCUT2D eigenvalue weighted by atomic mass is 16.4. The number of piperidine rings is 1. The highest BCUT2D eigenvalue weighted by Gasteiger charge is 2.29. The minimum atomic E-state index is -0.0352. The summed E-state index contributed by atoms with van der Waals surface area (Å²) in [6, 6.07) is 18.4. The maximum absolute atomic E-state index is 12.8. The van der Waals surface area contributed by atoms with E-state index in [0.29, 0.717) is 36.0 Å². The van der Waals surface area contributed by atoms with Gasteiger partial charge in [0.15, 0.2) is 0 Å². The minimum absolute atomic E-state index is 0.0334. The molecule has 1 atom stereocenters. The molecular weight excluding hydrogens is 340 g/mol. The van der Waals surface area contributed by atoms with Crippen molar-refractivity contribution < 1.29 is 9.21 Å². The van der Waals surface area contributed by atoms with E-state index in [2.05, 4.69) is 16.3 Å². The Morgan fingerprint density at radius 1 is 1.11 bits per heavy atom. The zero-order chi connectivity index (χ0) is 18.6. The van der Waals surface area contributed by atoms with Crippen LogP contribution in [0.4, 0.5) is 0 Å². The minimum Gasteiger partial charge on any atom is -0.420 e. The van der Waals surface area contributed by atoms with Crippen molar-refractivity contribution in [3.8, 4) is 17.5 Å². The molecule has 0 N–H and O–H groups in total. The molecule has 2 heterocycles. The Morgan fingerprint density at radius 2 is 1.89 bits per heavy atom. The number of aromatic nitrogens is 2. The fraction of sp³-hybridized carbons (Fsp3) is 0.238. The van der Waals surface area contributed by atoms with Crippen LogP contribution in [-0.2, 0) is 0 Å². The SMILES string of the molecule is N#Cc1ccc(C(=O)N2CCC[C@@H](c3nnc(-c4ccccc4)o3)C2)cc1. The molecule has 0 radical (unpaired) electrons. The van der Waals surface area contributed by atoms with Crippen molar-refractivity contribution in [1.29, 1.82) is 5.26 Å². The lowest BCUT2D eigenvalue weighted by Crippen LogP contribution is -2.39. The standard InChI is InChI=1S/C21H18N4O2/c22-13-15-8-10-17(11-9-15)21(26)25-12-4-7-18(14-25)20-24-23-19(27-20)16-5-2-1-3-6-16/h1-3,5-6,8-11,18H,4,7,12,14H2/t18-/m1/s1. The lowest BCUT2D eigenvalue weighted by atomic mass is 9.97. The van der Waals surface area contributed by atoms with Gasteiger partial charge in [0.2, 0.25) is 11.8 Å². The van der Waals surface area contributed by atoms with E-state index in [9.17, 15) is 4.79 Å². The number of nitrogens with zero attached hydrogens (tertiary/aromatic N) is 4. The highest BCUT2D eigenvalue weighted by Crippen LogP contribution is 2.29. The maximum Gasteiger partial charge on any atom is 0.253 e. The molecule has 6 heteroatoms. The van der Waals surface area contributed by atoms with Gasteiger partial charge in [-0.2, -0.15) is 5.26 Å². The van der Waals surface area contributed by atoms with E-state index in [4.69, 9.17) is 9.68 Å². The van der Waals surface area contributed by atoms with Crippen LogP contribution < -0.4 is 0 Å². The number of nitriles is 1. The van der Waals surface area contributed by atoms with Crippen LogP contribution in [0, 0.1) is 11.3 Å². The summed E-state index contributed by atoms with van der Waals surface area (Å²) in [7, 11) is 0. The summed E-state index contributed by atoms with van der Waals surface area (Å²) < 4.78 is 5.88. The molecule has 6 nitrogen and oxygen atoms in total. The van der Waals surface area contributed by atoms with Crippen molar-refractivity contribution in [2.75, 3.05) is 13.1 Å². The Kier molecular flexibility index (Phi) is 4.67. The quantitative estimate of drug-likeness (QED) is 0.714. The Labute approximate surface area is 157 Å². The number of amides is 1. The van der Waals surface area contributed by atoms with Crippen LogP contribution in [0.25, 0.3) is 11.5 Å². The second kappa shape index (κ2) is 7.42. The van der Waals surface area contributed by atoms with Crippen LogP contribution in [-0.4, -0.2) is 34.1 Å². The van der Waals surface area contributed by atoms with E-state index in [0.717, 1.165) is 18.4 Å². The van der Waals surface area contributed by atoms with Crippen molar-refractivity contribution >= 4 is 5.91 Å². The van der Waals surface area contributed by atoms with E-state index < -0.39 is 0 Å². The van der Waals surface area contributed by atoms with E-state index in [1.54, 1.807) is 24.3 Å². The summed E-state index contributed by atoms with van der Waals surface area (Å²) in [5.74, 6) is 1.07. The third kappa shape index (κ3) is 3.58. The van der Waals surface area contributed by atoms with E-state index >= 15 is 0 Å². The third-order valence-electron chi connectivity index (χ3n) is 4.78. The fourth-order valence-corrected chi connectivity index (χ4v) is 3.33. The molecule has 1 aliphatic heterocycles. The largest absolute Gasteiger partial charge is 0.420 e. The molecule has 0 saturated carbocycles. The molecule has 134 valence electrons. The van der Waals surface area contributed by atoms with Crippen LogP contribution in [0.1, 0.15) is 40.6 Å². The number of carbonyl (C=O) groups is 1. The molecule has 0 bridgehead atoms. The summed E-state index contributed by atoms with van der Waals surface area (Å²) in [5, 5.41) is 17.3. The average Bonchev–Trinajstić information content (AvgIpc) is 3.24. The zero-order valence-corrected chi connectivity index (χ0v) is 14.7. The fourth-order valence-electron chi connectivity index (χ4n) is 3.33. The van der Waals surface area contributed by atoms with E-state index in [1.165, 1.54) is 0 Å². The molecular formula is C21H18N4O2. The van der Waals surface area contributed by atoms with Gasteiger partial charge in [-0.3, -0.25) is 4.79 Å². The van der Waals surface area contributed by atoms with Crippen molar-refractivity contribution in [3.05, 3.63) is 71.6 Å². The van der Waals surface area contributed by atoms with Gasteiger partial charge in [0.25, 0.3) is 5.91 Å². The van der Waals surface area contributed by atoms with Crippen LogP contribution >= 0.6 is 0 Å². The molecule has 1 fully saturated rings.